The van der Waals surface area contributed by atoms with Crippen LogP contribution in [0, 0.1) is 11.8 Å². The summed E-state index contributed by atoms with van der Waals surface area (Å²) in [5.41, 5.74) is 0. The Hall–Kier alpha value is -0.570. The van der Waals surface area contributed by atoms with Crippen molar-refractivity contribution in [2.75, 3.05) is 12.4 Å². The number of hydrogen-bond donors (Lipinski definition) is 2. The van der Waals surface area contributed by atoms with Gasteiger partial charge in [-0.15, -0.1) is 0 Å². The van der Waals surface area contributed by atoms with Gasteiger partial charge >= 0.3 is 0 Å². The molecule has 2 N–H and O–H groups in total. The smallest absolute Gasteiger partial charge is 0.276 e. The van der Waals surface area contributed by atoms with Crippen LogP contribution < -0.4 is 0 Å². The molecule has 0 fully saturated rings. The van der Waals surface area contributed by atoms with Crippen molar-refractivity contribution in [1.82, 2.24) is 0 Å². The van der Waals surface area contributed by atoms with Crippen LogP contribution in [0.4, 0.5) is 0 Å². The maximum Gasteiger partial charge on any atom is 0.276 e. The van der Waals surface area contributed by atoms with Gasteiger partial charge in [-0.3, -0.25) is 4.55 Å². The summed E-state index contributed by atoms with van der Waals surface area (Å²) in [5, 5.41) is 8.01. The Labute approximate surface area is 53.3 Å². The second kappa shape index (κ2) is 3.45. The number of hydrogen-bond acceptors (Lipinski definition) is 3. The molecule has 0 bridgehead atoms. The molecule has 0 unspecified atom stereocenters. The van der Waals surface area contributed by atoms with Crippen LogP contribution in [0.1, 0.15) is 0 Å². The van der Waals surface area contributed by atoms with Crippen LogP contribution >= 0.6 is 0 Å². The molecule has 0 spiro atoms. The number of rotatable bonds is 1. The van der Waals surface area contributed by atoms with Crippen LogP contribution in [0.2, 0.25) is 0 Å². The molecule has 52 valence electrons. The van der Waals surface area contributed by atoms with Crippen LogP contribution in [-0.2, 0) is 10.1 Å². The van der Waals surface area contributed by atoms with Gasteiger partial charge in [-0.25, -0.2) is 0 Å². The Bertz CT molecular complexity index is 217. The van der Waals surface area contributed by atoms with Crippen LogP contribution in [0.25, 0.3) is 0 Å². The van der Waals surface area contributed by atoms with E-state index in [-0.39, 0.29) is 0 Å². The zero-order valence-corrected chi connectivity index (χ0v) is 5.35. The highest BCUT2D eigenvalue weighted by molar-refractivity contribution is 7.86. The first-order chi connectivity index (χ1) is 4.06. The Balaban J connectivity index is 3.79. The van der Waals surface area contributed by atoms with Gasteiger partial charge in [0.2, 0.25) is 0 Å². The standard InChI is InChI=1S/C4H6O4S/c5-3-1-2-4-9(6,7)8/h5H,3-4H2,(H,6,7,8). The summed E-state index contributed by atoms with van der Waals surface area (Å²) in [6, 6.07) is 0. The van der Waals surface area contributed by atoms with Crippen molar-refractivity contribution in [3.05, 3.63) is 0 Å². The van der Waals surface area contributed by atoms with Crippen molar-refractivity contribution in [2.24, 2.45) is 0 Å². The highest BCUT2D eigenvalue weighted by Gasteiger charge is 1.97. The molecule has 0 aliphatic rings. The number of aliphatic hydroxyl groups excluding tert-OH is 1. The van der Waals surface area contributed by atoms with E-state index in [1.54, 1.807) is 0 Å². The van der Waals surface area contributed by atoms with Gasteiger partial charge in [0.25, 0.3) is 10.1 Å². The monoisotopic (exact) mass is 150 g/mol. The van der Waals surface area contributed by atoms with E-state index < -0.39 is 22.5 Å². The molecule has 0 radical (unpaired) electrons. The first-order valence-electron chi connectivity index (χ1n) is 2.08. The molecule has 0 saturated carbocycles. The van der Waals surface area contributed by atoms with Crippen molar-refractivity contribution in [3.63, 3.8) is 0 Å². The first-order valence-corrected chi connectivity index (χ1v) is 3.69. The maximum absolute atomic E-state index is 9.88. The van der Waals surface area contributed by atoms with Crippen LogP contribution in [-0.4, -0.2) is 30.4 Å². The van der Waals surface area contributed by atoms with Crippen LogP contribution in [0.5, 0.6) is 0 Å². The summed E-state index contributed by atoms with van der Waals surface area (Å²) in [4.78, 5) is 0. The Kier molecular flexibility index (Phi) is 3.24. The second-order valence-electron chi connectivity index (χ2n) is 1.24. The summed E-state index contributed by atoms with van der Waals surface area (Å²) >= 11 is 0. The normalized spacial score (nSPS) is 10.0. The quantitative estimate of drug-likeness (QED) is 0.366. The van der Waals surface area contributed by atoms with Crippen molar-refractivity contribution in [2.45, 2.75) is 0 Å². The van der Waals surface area contributed by atoms with E-state index in [0.717, 1.165) is 0 Å². The first kappa shape index (κ1) is 8.43. The molecule has 4 nitrogen and oxygen atoms in total. The van der Waals surface area contributed by atoms with Crippen molar-refractivity contribution >= 4 is 10.1 Å². The third kappa shape index (κ3) is 7.43. The highest BCUT2D eigenvalue weighted by Crippen LogP contribution is 1.76. The maximum atomic E-state index is 9.88. The largest absolute Gasteiger partial charge is 0.384 e. The van der Waals surface area contributed by atoms with Gasteiger partial charge in [-0.05, 0) is 0 Å². The third-order valence-corrected chi connectivity index (χ3v) is 0.968. The van der Waals surface area contributed by atoms with Gasteiger partial charge in [0.1, 0.15) is 12.4 Å². The SMILES string of the molecule is O=S(=O)(O)CC#CCO. The molecular weight excluding hydrogens is 144 g/mol. The summed E-state index contributed by atoms with van der Waals surface area (Å²) in [5.74, 6) is 3.49. The van der Waals surface area contributed by atoms with Gasteiger partial charge in [-0.2, -0.15) is 8.42 Å². The van der Waals surface area contributed by atoms with Gasteiger partial charge < -0.3 is 5.11 Å². The van der Waals surface area contributed by atoms with E-state index in [1.807, 2.05) is 5.92 Å². The van der Waals surface area contributed by atoms with Crippen LogP contribution in [0.3, 0.4) is 0 Å². The van der Waals surface area contributed by atoms with Crippen molar-refractivity contribution < 1.29 is 18.1 Å². The van der Waals surface area contributed by atoms with E-state index >= 15 is 0 Å². The zero-order chi connectivity index (χ0) is 7.33. The zero-order valence-electron chi connectivity index (χ0n) is 4.53. The average Bonchev–Trinajstić information content (AvgIpc) is 1.63. The lowest BCUT2D eigenvalue weighted by Crippen LogP contribution is -2.00. The lowest BCUT2D eigenvalue weighted by Gasteiger charge is -1.81. The van der Waals surface area contributed by atoms with Gasteiger partial charge in [-0.1, -0.05) is 11.8 Å². The molecule has 9 heavy (non-hydrogen) atoms. The van der Waals surface area contributed by atoms with E-state index in [9.17, 15) is 8.42 Å². The molecule has 0 aliphatic heterocycles. The van der Waals surface area contributed by atoms with Gasteiger partial charge in [0.15, 0.2) is 0 Å². The topological polar surface area (TPSA) is 74.6 Å². The summed E-state index contributed by atoms with van der Waals surface area (Å²) in [6.45, 7) is -0.393. The summed E-state index contributed by atoms with van der Waals surface area (Å²) < 4.78 is 27.8. The lowest BCUT2D eigenvalue weighted by atomic mass is 10.6. The minimum Gasteiger partial charge on any atom is -0.384 e. The second-order valence-corrected chi connectivity index (χ2v) is 2.69. The molecular formula is C4H6O4S. The average molecular weight is 150 g/mol. The molecule has 5 heteroatoms. The molecule has 0 amide bonds. The van der Waals surface area contributed by atoms with E-state index in [0.29, 0.717) is 0 Å². The fourth-order valence-electron chi connectivity index (χ4n) is 0.198. The Morgan fingerprint density at radius 3 is 2.22 bits per heavy atom. The van der Waals surface area contributed by atoms with Gasteiger partial charge in [0, 0.05) is 0 Å². The fourth-order valence-corrected chi connectivity index (χ4v) is 0.483. The molecule has 0 aliphatic carbocycles. The van der Waals surface area contributed by atoms with E-state index in [1.165, 1.54) is 0 Å². The minimum absolute atomic E-state index is 0.393. The Morgan fingerprint density at radius 1 is 1.33 bits per heavy atom. The molecule has 0 aromatic heterocycles. The molecule has 0 aromatic carbocycles. The third-order valence-electron chi connectivity index (χ3n) is 0.459. The van der Waals surface area contributed by atoms with Crippen molar-refractivity contribution in [3.8, 4) is 11.8 Å². The lowest BCUT2D eigenvalue weighted by molar-refractivity contribution is 0.350. The molecule has 0 saturated heterocycles. The van der Waals surface area contributed by atoms with Crippen molar-refractivity contribution in [1.29, 1.82) is 0 Å². The molecule has 0 aromatic rings. The summed E-state index contributed by atoms with van der Waals surface area (Å²) in [7, 11) is -3.98. The van der Waals surface area contributed by atoms with E-state index in [4.69, 9.17) is 9.66 Å². The van der Waals surface area contributed by atoms with Gasteiger partial charge in [0.05, 0.1) is 0 Å². The van der Waals surface area contributed by atoms with Crippen LogP contribution in [0.15, 0.2) is 0 Å². The minimum atomic E-state index is -3.98. The molecule has 0 atom stereocenters. The predicted molar refractivity (Wildman–Crippen MR) is 31.3 cm³/mol. The molecule has 0 rings (SSSR count). The molecule has 0 heterocycles. The summed E-state index contributed by atoms with van der Waals surface area (Å²) in [6.07, 6.45) is 0. The fraction of sp³-hybridized carbons (Fsp3) is 0.500. The number of aliphatic hydroxyl groups is 1. The predicted octanol–water partition coefficient (Wildman–Crippen LogP) is -1.13. The van der Waals surface area contributed by atoms with E-state index in [2.05, 4.69) is 5.92 Å². The highest BCUT2D eigenvalue weighted by atomic mass is 32.2. The Morgan fingerprint density at radius 2 is 1.89 bits per heavy atom.